The number of hydroxylamine groups is 1. The summed E-state index contributed by atoms with van der Waals surface area (Å²) in [6.45, 7) is 16.1. The summed E-state index contributed by atoms with van der Waals surface area (Å²) in [5, 5.41) is 8.52. The second-order valence-electron chi connectivity index (χ2n) is 8.63. The Labute approximate surface area is 218 Å². The molecule has 0 unspecified atom stereocenters. The predicted molar refractivity (Wildman–Crippen MR) is 143 cm³/mol. The van der Waals surface area contributed by atoms with E-state index in [-0.39, 0.29) is 23.1 Å². The van der Waals surface area contributed by atoms with E-state index in [4.69, 9.17) is 19.0 Å². The summed E-state index contributed by atoms with van der Waals surface area (Å²) < 4.78 is 15.9. The van der Waals surface area contributed by atoms with Gasteiger partial charge in [0.15, 0.2) is 0 Å². The number of carbonyl (C=O) groups excluding carboxylic acids is 2. The average molecular weight is 537 g/mol. The Morgan fingerprint density at radius 3 is 2.29 bits per heavy atom. The summed E-state index contributed by atoms with van der Waals surface area (Å²) in [6.07, 6.45) is 0.203. The van der Waals surface area contributed by atoms with Crippen LogP contribution in [0.25, 0.3) is 0 Å². The highest BCUT2D eigenvalue weighted by atomic mass is 33.1. The van der Waals surface area contributed by atoms with Gasteiger partial charge in [-0.05, 0) is 20.3 Å². The normalized spacial score (nSPS) is 11.2. The zero-order chi connectivity index (χ0) is 26.4. The van der Waals surface area contributed by atoms with Gasteiger partial charge >= 0.3 is 12.1 Å². The maximum absolute atomic E-state index is 11.8. The number of urea groups is 1. The van der Waals surface area contributed by atoms with Gasteiger partial charge in [-0.15, -0.1) is 0 Å². The van der Waals surface area contributed by atoms with Gasteiger partial charge in [-0.25, -0.2) is 15.1 Å². The van der Waals surface area contributed by atoms with E-state index in [0.717, 1.165) is 6.54 Å². The maximum atomic E-state index is 11.8. The van der Waals surface area contributed by atoms with Gasteiger partial charge in [-0.2, -0.15) is 0 Å². The number of alkyl carbamates (subject to hydrolysis) is 1. The molecule has 0 radical (unpaired) electrons. The molecule has 0 saturated heterocycles. The molecular formula is C23H44N4O6S2. The molecule has 0 aromatic carbocycles. The first-order chi connectivity index (χ1) is 16.6. The molecule has 0 heterocycles. The van der Waals surface area contributed by atoms with Gasteiger partial charge < -0.3 is 30.2 Å². The number of carbonyl (C=O) groups is 2. The van der Waals surface area contributed by atoms with Crippen molar-refractivity contribution in [3.63, 3.8) is 0 Å². The van der Waals surface area contributed by atoms with E-state index < -0.39 is 12.1 Å². The fourth-order valence-corrected chi connectivity index (χ4v) is 4.30. The summed E-state index contributed by atoms with van der Waals surface area (Å²) in [6, 6.07) is 0.0221. The lowest BCUT2D eigenvalue weighted by molar-refractivity contribution is 0.0489. The summed E-state index contributed by atoms with van der Waals surface area (Å²) >= 11 is 0. The number of amides is 3. The topological polar surface area (TPSA) is 119 Å². The minimum atomic E-state index is -0.463. The Balaban J connectivity index is 3.61. The van der Waals surface area contributed by atoms with Crippen LogP contribution in [0.15, 0.2) is 0 Å². The molecule has 0 aliphatic rings. The zero-order valence-corrected chi connectivity index (χ0v) is 23.6. The lowest BCUT2D eigenvalue weighted by Crippen LogP contribution is -2.35. The largest absolute Gasteiger partial charge is 0.450 e. The Hall–Kier alpha value is -1.36. The highest BCUT2D eigenvalue weighted by Crippen LogP contribution is 2.37. The highest BCUT2D eigenvalue weighted by Gasteiger charge is 2.20. The molecule has 0 spiro atoms. The Kier molecular flexibility index (Phi) is 21.0. The van der Waals surface area contributed by atoms with E-state index in [9.17, 15) is 9.59 Å². The first-order valence-electron chi connectivity index (χ1n) is 11.9. The first kappa shape index (κ1) is 33.6. The summed E-state index contributed by atoms with van der Waals surface area (Å²) in [5.41, 5.74) is 2.31. The van der Waals surface area contributed by atoms with Gasteiger partial charge in [0.1, 0.15) is 5.94 Å². The Morgan fingerprint density at radius 2 is 1.63 bits per heavy atom. The molecule has 0 bridgehead atoms. The van der Waals surface area contributed by atoms with Crippen molar-refractivity contribution in [2.45, 2.75) is 58.8 Å². The molecule has 3 amide bonds. The van der Waals surface area contributed by atoms with Crippen molar-refractivity contribution in [3.05, 3.63) is 0 Å². The smallest absolute Gasteiger partial charge is 0.407 e. The van der Waals surface area contributed by atoms with Crippen LogP contribution in [0.1, 0.15) is 48.0 Å². The summed E-state index contributed by atoms with van der Waals surface area (Å²) in [4.78, 5) is 28.5. The second kappa shape index (κ2) is 21.9. The first-order valence-corrected chi connectivity index (χ1v) is 14.2. The molecule has 35 heavy (non-hydrogen) atoms. The van der Waals surface area contributed by atoms with E-state index in [0.29, 0.717) is 52.0 Å². The van der Waals surface area contributed by atoms with Crippen LogP contribution in [0.3, 0.4) is 0 Å². The molecule has 0 aliphatic heterocycles. The quantitative estimate of drug-likeness (QED) is 0.0649. The number of rotatable bonds is 19. The lowest BCUT2D eigenvalue weighted by atomic mass is 10.1. The molecular weight excluding hydrogens is 492 g/mol. The minimum Gasteiger partial charge on any atom is -0.450 e. The van der Waals surface area contributed by atoms with Crippen LogP contribution in [-0.4, -0.2) is 81.5 Å². The van der Waals surface area contributed by atoms with Crippen LogP contribution in [0.5, 0.6) is 0 Å². The van der Waals surface area contributed by atoms with Gasteiger partial charge in [0.2, 0.25) is 0 Å². The number of nitrogens with one attached hydrogen (secondary N) is 4. The van der Waals surface area contributed by atoms with Crippen molar-refractivity contribution in [2.75, 3.05) is 58.6 Å². The summed E-state index contributed by atoms with van der Waals surface area (Å²) in [7, 11) is 3.05. The number of hydrogen-bond acceptors (Lipinski definition) is 9. The van der Waals surface area contributed by atoms with Crippen LogP contribution < -0.4 is 21.4 Å². The molecule has 0 atom stereocenters. The highest BCUT2D eigenvalue weighted by molar-refractivity contribution is 8.77. The monoisotopic (exact) mass is 536 g/mol. The zero-order valence-electron chi connectivity index (χ0n) is 22.0. The molecule has 12 heteroatoms. The average Bonchev–Trinajstić information content (AvgIpc) is 2.77. The van der Waals surface area contributed by atoms with Gasteiger partial charge in [-0.1, -0.05) is 61.1 Å². The fraction of sp³-hybridized carbons (Fsp3) is 0.826. The van der Waals surface area contributed by atoms with Crippen molar-refractivity contribution in [1.82, 2.24) is 21.4 Å². The minimum absolute atomic E-state index is 0.142. The van der Waals surface area contributed by atoms with E-state index in [1.165, 1.54) is 10.8 Å². The SMILES string of the molecule is CC(C)C#CCNC(=O)NOCSSC(C)(C)CCOC(=O)NCCOCCOCCNC(C)C. The van der Waals surface area contributed by atoms with Crippen LogP contribution in [0.4, 0.5) is 9.59 Å². The fourth-order valence-electron chi connectivity index (χ4n) is 2.17. The number of ether oxygens (including phenoxy) is 3. The van der Waals surface area contributed by atoms with Crippen LogP contribution in [-0.2, 0) is 19.0 Å². The molecule has 0 aromatic rings. The molecule has 4 N–H and O–H groups in total. The van der Waals surface area contributed by atoms with E-state index in [1.54, 1.807) is 10.8 Å². The van der Waals surface area contributed by atoms with Crippen LogP contribution in [0, 0.1) is 17.8 Å². The molecule has 0 rings (SSSR count). The third-order valence-corrected chi connectivity index (χ3v) is 6.89. The summed E-state index contributed by atoms with van der Waals surface area (Å²) in [5.74, 6) is 6.36. The van der Waals surface area contributed by atoms with Crippen LogP contribution in [0.2, 0.25) is 0 Å². The van der Waals surface area contributed by atoms with Gasteiger partial charge in [0.05, 0.1) is 39.6 Å². The third kappa shape index (κ3) is 25.5. The maximum Gasteiger partial charge on any atom is 0.407 e. The van der Waals surface area contributed by atoms with E-state index in [1.807, 2.05) is 27.7 Å². The molecule has 0 aliphatic carbocycles. The molecule has 10 nitrogen and oxygen atoms in total. The van der Waals surface area contributed by atoms with Crippen molar-refractivity contribution in [1.29, 1.82) is 0 Å². The second-order valence-corrected chi connectivity index (χ2v) is 11.6. The molecule has 0 saturated carbocycles. The number of hydrogen-bond donors (Lipinski definition) is 4. The lowest BCUT2D eigenvalue weighted by Gasteiger charge is -2.22. The van der Waals surface area contributed by atoms with Gasteiger partial charge in [0, 0.05) is 29.8 Å². The van der Waals surface area contributed by atoms with Crippen LogP contribution >= 0.6 is 21.6 Å². The third-order valence-electron chi connectivity index (χ3n) is 3.91. The Morgan fingerprint density at radius 1 is 0.943 bits per heavy atom. The Bertz CT molecular complexity index is 627. The van der Waals surface area contributed by atoms with E-state index in [2.05, 4.69) is 47.1 Å². The van der Waals surface area contributed by atoms with Gasteiger partial charge in [0.25, 0.3) is 0 Å². The van der Waals surface area contributed by atoms with E-state index >= 15 is 0 Å². The van der Waals surface area contributed by atoms with Crippen molar-refractivity contribution in [2.24, 2.45) is 5.92 Å². The standard InChI is InChI=1S/C23H44N4O6S2/c1-19(2)8-7-10-25-21(28)27-33-18-34-35-23(5,6)9-13-32-22(29)26-12-15-31-17-16-30-14-11-24-20(3)4/h19-20,24H,9-18H2,1-6H3,(H,26,29)(H2,25,27,28). The van der Waals surface area contributed by atoms with Crippen molar-refractivity contribution >= 4 is 33.7 Å². The van der Waals surface area contributed by atoms with Gasteiger partial charge in [-0.3, -0.25) is 4.84 Å². The molecule has 0 fully saturated rings. The van der Waals surface area contributed by atoms with Crippen molar-refractivity contribution < 1.29 is 28.6 Å². The molecule has 204 valence electrons. The predicted octanol–water partition coefficient (Wildman–Crippen LogP) is 3.14. The molecule has 0 aromatic heterocycles. The van der Waals surface area contributed by atoms with Crippen molar-refractivity contribution in [3.8, 4) is 11.8 Å².